The molecule has 0 radical (unpaired) electrons. The van der Waals surface area contributed by atoms with Crippen molar-refractivity contribution in [3.05, 3.63) is 83.0 Å². The van der Waals surface area contributed by atoms with E-state index in [9.17, 15) is 4.79 Å². The van der Waals surface area contributed by atoms with E-state index in [4.69, 9.17) is 16.3 Å². The fourth-order valence-corrected chi connectivity index (χ4v) is 3.89. The van der Waals surface area contributed by atoms with Crippen LogP contribution in [0.15, 0.2) is 66.9 Å². The monoisotopic (exact) mass is 460 g/mol. The number of hydrogen-bond acceptors (Lipinski definition) is 5. The number of methoxy groups -OCH3 is 1. The molecular weight excluding hydrogens is 436 g/mol. The fraction of sp³-hybridized carbons (Fsp3) is 0.192. The summed E-state index contributed by atoms with van der Waals surface area (Å²) in [7, 11) is 1.55. The summed E-state index contributed by atoms with van der Waals surface area (Å²) in [6, 6.07) is 19.2. The zero-order valence-corrected chi connectivity index (χ0v) is 19.5. The lowest BCUT2D eigenvalue weighted by molar-refractivity contribution is 0.0949. The number of nitrogens with one attached hydrogen (secondary N) is 2. The topological polar surface area (TPSA) is 76.1 Å². The van der Waals surface area contributed by atoms with Gasteiger partial charge in [-0.3, -0.25) is 4.79 Å². The second-order valence-corrected chi connectivity index (χ2v) is 8.32. The van der Waals surface area contributed by atoms with Gasteiger partial charge in [0, 0.05) is 40.3 Å². The molecule has 0 bridgehead atoms. The maximum Gasteiger partial charge on any atom is 0.257 e. The van der Waals surface area contributed by atoms with Gasteiger partial charge >= 0.3 is 0 Å². The van der Waals surface area contributed by atoms with Crippen LogP contribution in [0.5, 0.6) is 5.75 Å². The van der Waals surface area contributed by atoms with Gasteiger partial charge in [0.1, 0.15) is 11.3 Å². The predicted octanol–water partition coefficient (Wildman–Crippen LogP) is 5.71. The van der Waals surface area contributed by atoms with Crippen LogP contribution < -0.4 is 15.4 Å². The molecule has 1 aromatic heterocycles. The number of ether oxygens (including phenoxy) is 1. The number of fused-ring (bicyclic) bond motifs is 1. The summed E-state index contributed by atoms with van der Waals surface area (Å²) in [5.74, 6) is 0.571. The van der Waals surface area contributed by atoms with Crippen LogP contribution in [0, 0.1) is 0 Å². The van der Waals surface area contributed by atoms with Crippen LogP contribution in [0.2, 0.25) is 5.02 Å². The Balaban J connectivity index is 1.89. The largest absolute Gasteiger partial charge is 0.495 e. The first-order chi connectivity index (χ1) is 16.0. The molecule has 1 amide bonds. The summed E-state index contributed by atoms with van der Waals surface area (Å²) in [5, 5.41) is 7.47. The molecule has 168 valence electrons. The van der Waals surface area contributed by atoms with E-state index in [1.165, 1.54) is 0 Å². The number of nitrogens with zero attached hydrogens (tertiary/aromatic N) is 2. The number of halogens is 1. The van der Waals surface area contributed by atoms with E-state index in [0.717, 1.165) is 11.1 Å². The highest BCUT2D eigenvalue weighted by molar-refractivity contribution is 6.33. The lowest BCUT2D eigenvalue weighted by Crippen LogP contribution is -2.24. The molecule has 0 aliphatic carbocycles. The molecule has 33 heavy (non-hydrogen) atoms. The lowest BCUT2D eigenvalue weighted by Gasteiger charge is -2.18. The Bertz CT molecular complexity index is 1290. The van der Waals surface area contributed by atoms with Crippen LogP contribution in [0.1, 0.15) is 29.8 Å². The van der Waals surface area contributed by atoms with Crippen molar-refractivity contribution in [2.45, 2.75) is 26.4 Å². The van der Waals surface area contributed by atoms with Crippen LogP contribution in [0.4, 0.5) is 5.95 Å². The van der Waals surface area contributed by atoms with E-state index in [1.54, 1.807) is 13.3 Å². The van der Waals surface area contributed by atoms with E-state index < -0.39 is 0 Å². The minimum atomic E-state index is -0.288. The molecule has 0 unspecified atom stereocenters. The number of carbonyl (C=O) groups is 1. The summed E-state index contributed by atoms with van der Waals surface area (Å²) < 4.78 is 5.79. The first kappa shape index (κ1) is 22.6. The molecule has 0 saturated carbocycles. The van der Waals surface area contributed by atoms with Gasteiger partial charge in [-0.1, -0.05) is 60.1 Å². The molecule has 0 atom stereocenters. The number of aromatic nitrogens is 2. The highest BCUT2D eigenvalue weighted by Crippen LogP contribution is 2.40. The SMILES string of the molecule is COc1c(-c2ccccc2Cl)cc2cnc(NC(C)C)nc2c1C(=O)NCc1ccccc1. The highest BCUT2D eigenvalue weighted by atomic mass is 35.5. The van der Waals surface area contributed by atoms with Gasteiger partial charge in [-0.05, 0) is 31.5 Å². The van der Waals surface area contributed by atoms with Crippen LogP contribution in [0.3, 0.4) is 0 Å². The number of carbonyl (C=O) groups excluding carboxylic acids is 1. The van der Waals surface area contributed by atoms with Crippen molar-refractivity contribution in [3.8, 4) is 16.9 Å². The molecule has 3 aromatic carbocycles. The molecule has 4 rings (SSSR count). The minimum absolute atomic E-state index is 0.141. The number of anilines is 1. The Labute approximate surface area is 198 Å². The second-order valence-electron chi connectivity index (χ2n) is 7.91. The minimum Gasteiger partial charge on any atom is -0.495 e. The summed E-state index contributed by atoms with van der Waals surface area (Å²) in [6.45, 7) is 4.38. The number of hydrogen-bond donors (Lipinski definition) is 2. The van der Waals surface area contributed by atoms with Crippen molar-refractivity contribution in [3.63, 3.8) is 0 Å². The molecule has 0 spiro atoms. The fourth-order valence-electron chi connectivity index (χ4n) is 3.66. The van der Waals surface area contributed by atoms with Gasteiger partial charge in [-0.2, -0.15) is 0 Å². The average Bonchev–Trinajstić information content (AvgIpc) is 2.82. The van der Waals surface area contributed by atoms with Crippen LogP contribution in [-0.4, -0.2) is 29.0 Å². The highest BCUT2D eigenvalue weighted by Gasteiger charge is 2.24. The van der Waals surface area contributed by atoms with Crippen molar-refractivity contribution >= 4 is 34.4 Å². The van der Waals surface area contributed by atoms with Crippen molar-refractivity contribution in [2.75, 3.05) is 12.4 Å². The van der Waals surface area contributed by atoms with E-state index >= 15 is 0 Å². The molecule has 6 nitrogen and oxygen atoms in total. The molecule has 0 aliphatic rings. The summed E-state index contributed by atoms with van der Waals surface area (Å²) in [5.41, 5.74) is 3.31. The maximum atomic E-state index is 13.5. The predicted molar refractivity (Wildman–Crippen MR) is 133 cm³/mol. The molecule has 0 saturated heterocycles. The third kappa shape index (κ3) is 4.91. The summed E-state index contributed by atoms with van der Waals surface area (Å²) >= 11 is 6.50. The van der Waals surface area contributed by atoms with Gasteiger partial charge in [0.2, 0.25) is 5.95 Å². The zero-order chi connectivity index (χ0) is 23.4. The molecule has 0 aliphatic heterocycles. The third-order valence-electron chi connectivity index (χ3n) is 5.13. The third-order valence-corrected chi connectivity index (χ3v) is 5.46. The van der Waals surface area contributed by atoms with E-state index in [1.807, 2.05) is 74.5 Å². The van der Waals surface area contributed by atoms with Gasteiger partial charge in [-0.15, -0.1) is 0 Å². The quantitative estimate of drug-likeness (QED) is 0.369. The standard InChI is InChI=1S/C26H25ClN4O2/c1-16(2)30-26-29-15-18-13-20(19-11-7-8-12-21(19)27)24(33-3)22(23(18)31-26)25(32)28-14-17-9-5-4-6-10-17/h4-13,15-16H,14H2,1-3H3,(H,28,32)(H,29,30,31). The van der Waals surface area contributed by atoms with E-state index in [-0.39, 0.29) is 11.9 Å². The summed E-state index contributed by atoms with van der Waals surface area (Å²) in [6.07, 6.45) is 1.71. The number of benzene rings is 3. The molecule has 7 heteroatoms. The average molecular weight is 461 g/mol. The molecule has 2 N–H and O–H groups in total. The van der Waals surface area contributed by atoms with Crippen molar-refractivity contribution in [1.29, 1.82) is 0 Å². The Hall–Kier alpha value is -3.64. The lowest BCUT2D eigenvalue weighted by atomic mass is 9.97. The Morgan fingerprint density at radius 1 is 1.06 bits per heavy atom. The van der Waals surface area contributed by atoms with Gasteiger partial charge in [0.15, 0.2) is 0 Å². The Morgan fingerprint density at radius 2 is 1.79 bits per heavy atom. The van der Waals surface area contributed by atoms with Gasteiger partial charge in [0.05, 0.1) is 12.6 Å². The van der Waals surface area contributed by atoms with Crippen LogP contribution >= 0.6 is 11.6 Å². The number of rotatable bonds is 7. The van der Waals surface area contributed by atoms with Crippen LogP contribution in [-0.2, 0) is 6.54 Å². The Kier molecular flexibility index (Phi) is 6.75. The van der Waals surface area contributed by atoms with E-state index in [0.29, 0.717) is 45.3 Å². The molecule has 1 heterocycles. The number of amides is 1. The molecule has 0 fully saturated rings. The second kappa shape index (κ2) is 9.88. The zero-order valence-electron chi connectivity index (χ0n) is 18.7. The van der Waals surface area contributed by atoms with Crippen molar-refractivity contribution in [2.24, 2.45) is 0 Å². The van der Waals surface area contributed by atoms with Crippen LogP contribution in [0.25, 0.3) is 22.0 Å². The van der Waals surface area contributed by atoms with Crippen molar-refractivity contribution < 1.29 is 9.53 Å². The molecular formula is C26H25ClN4O2. The summed E-state index contributed by atoms with van der Waals surface area (Å²) in [4.78, 5) is 22.6. The molecule has 4 aromatic rings. The Morgan fingerprint density at radius 3 is 2.48 bits per heavy atom. The first-order valence-electron chi connectivity index (χ1n) is 10.7. The first-order valence-corrected chi connectivity index (χ1v) is 11.1. The maximum absolute atomic E-state index is 13.5. The van der Waals surface area contributed by atoms with Gasteiger partial charge < -0.3 is 15.4 Å². The normalized spacial score (nSPS) is 10.9. The van der Waals surface area contributed by atoms with Crippen molar-refractivity contribution in [1.82, 2.24) is 15.3 Å². The van der Waals surface area contributed by atoms with E-state index in [2.05, 4.69) is 20.6 Å². The van der Waals surface area contributed by atoms with Gasteiger partial charge in [-0.25, -0.2) is 9.97 Å². The smallest absolute Gasteiger partial charge is 0.257 e. The van der Waals surface area contributed by atoms with Gasteiger partial charge in [0.25, 0.3) is 5.91 Å².